The second kappa shape index (κ2) is 13.2. The van der Waals surface area contributed by atoms with Gasteiger partial charge >= 0.3 is 11.9 Å². The molecule has 7 nitrogen and oxygen atoms in total. The highest BCUT2D eigenvalue weighted by atomic mass is 16.4. The molecular weight excluding hydrogens is 420 g/mol. The molecule has 0 radical (unpaired) electrons. The molecule has 2 N–H and O–H groups in total. The summed E-state index contributed by atoms with van der Waals surface area (Å²) in [7, 11) is 4.03. The summed E-state index contributed by atoms with van der Waals surface area (Å²) in [6.07, 6.45) is 4.04. The van der Waals surface area contributed by atoms with Gasteiger partial charge in [-0.1, -0.05) is 30.3 Å². The number of hydrogen-bond acceptors (Lipinski definition) is 5. The number of anilines is 1. The number of carboxylic acid groups (broad SMARTS) is 2. The van der Waals surface area contributed by atoms with E-state index in [1.165, 1.54) is 5.56 Å². The minimum absolute atomic E-state index is 0.284. The van der Waals surface area contributed by atoms with Gasteiger partial charge in [0.15, 0.2) is 5.78 Å². The molecule has 2 aromatic carbocycles. The van der Waals surface area contributed by atoms with Crippen molar-refractivity contribution >= 4 is 23.4 Å². The van der Waals surface area contributed by atoms with E-state index in [1.807, 2.05) is 38.4 Å². The summed E-state index contributed by atoms with van der Waals surface area (Å²) in [5, 5.41) is 15.6. The van der Waals surface area contributed by atoms with Crippen molar-refractivity contribution in [2.45, 2.75) is 25.8 Å². The number of hydrogen-bond donors (Lipinski definition) is 2. The second-order valence-electron chi connectivity index (χ2n) is 8.28. The lowest BCUT2D eigenvalue weighted by atomic mass is 9.89. The summed E-state index contributed by atoms with van der Waals surface area (Å²) in [5.41, 5.74) is 3.35. The number of carbonyl (C=O) groups excluding carboxylic acids is 1. The summed E-state index contributed by atoms with van der Waals surface area (Å²) in [4.78, 5) is 36.2. The van der Waals surface area contributed by atoms with E-state index in [0.29, 0.717) is 24.5 Å². The smallest absolute Gasteiger partial charge is 0.328 e. The van der Waals surface area contributed by atoms with Gasteiger partial charge in [-0.25, -0.2) is 9.59 Å². The summed E-state index contributed by atoms with van der Waals surface area (Å²) in [6, 6.07) is 18.6. The zero-order valence-corrected chi connectivity index (χ0v) is 19.2. The molecule has 0 amide bonds. The fourth-order valence-electron chi connectivity index (χ4n) is 3.66. The lowest BCUT2D eigenvalue weighted by Crippen LogP contribution is -2.33. The number of piperidine rings is 1. The maximum absolute atomic E-state index is 12.5. The summed E-state index contributed by atoms with van der Waals surface area (Å²) >= 11 is 0. The highest BCUT2D eigenvalue weighted by molar-refractivity contribution is 5.96. The number of aliphatic carboxylic acids is 2. The molecule has 7 heteroatoms. The van der Waals surface area contributed by atoms with Crippen LogP contribution in [-0.4, -0.2) is 60.0 Å². The van der Waals surface area contributed by atoms with Gasteiger partial charge in [0.05, 0.1) is 0 Å². The molecule has 1 aliphatic heterocycles. The van der Waals surface area contributed by atoms with Crippen LogP contribution in [0.5, 0.6) is 0 Å². The largest absolute Gasteiger partial charge is 0.478 e. The average Bonchev–Trinajstić information content (AvgIpc) is 2.80. The number of carboxylic acids is 2. The molecule has 0 bridgehead atoms. The van der Waals surface area contributed by atoms with E-state index in [2.05, 4.69) is 40.1 Å². The number of Topliss-reactive ketones (excluding diaryl/α,β-unsaturated/α-hetero) is 1. The third kappa shape index (κ3) is 9.70. The molecule has 33 heavy (non-hydrogen) atoms. The predicted octanol–water partition coefficient (Wildman–Crippen LogP) is 3.95. The number of nitrogens with zero attached hydrogens (tertiary/aromatic N) is 2. The van der Waals surface area contributed by atoms with Gasteiger partial charge in [0.1, 0.15) is 0 Å². The molecule has 1 aliphatic rings. The van der Waals surface area contributed by atoms with Gasteiger partial charge in [0.2, 0.25) is 0 Å². The van der Waals surface area contributed by atoms with Crippen molar-refractivity contribution in [1.29, 1.82) is 0 Å². The Balaban J connectivity index is 0.000000414. The number of likely N-dealkylation sites (tertiary alicyclic amines) is 1. The van der Waals surface area contributed by atoms with Gasteiger partial charge in [0.25, 0.3) is 0 Å². The van der Waals surface area contributed by atoms with E-state index in [1.54, 1.807) is 0 Å². The van der Waals surface area contributed by atoms with Crippen LogP contribution in [0.1, 0.15) is 35.2 Å². The fraction of sp³-hybridized carbons (Fsp3) is 0.346. The Morgan fingerprint density at radius 3 is 1.94 bits per heavy atom. The number of benzene rings is 2. The molecule has 0 saturated carbocycles. The van der Waals surface area contributed by atoms with Crippen LogP contribution in [0.4, 0.5) is 5.69 Å². The van der Waals surface area contributed by atoms with Gasteiger partial charge in [0, 0.05) is 50.5 Å². The molecule has 176 valence electrons. The average molecular weight is 453 g/mol. The predicted molar refractivity (Wildman–Crippen MR) is 129 cm³/mol. The van der Waals surface area contributed by atoms with Crippen molar-refractivity contribution in [3.8, 4) is 0 Å². The molecule has 0 aliphatic carbocycles. The van der Waals surface area contributed by atoms with Crippen LogP contribution in [0, 0.1) is 5.92 Å². The Bertz CT molecular complexity index is 915. The van der Waals surface area contributed by atoms with E-state index in [4.69, 9.17) is 10.2 Å². The lowest BCUT2D eigenvalue weighted by molar-refractivity contribution is -0.134. The zero-order valence-electron chi connectivity index (χ0n) is 19.2. The van der Waals surface area contributed by atoms with E-state index >= 15 is 0 Å². The molecule has 0 atom stereocenters. The number of ketones is 1. The standard InChI is InChI=1S/C22H28N2O.C4H4O4/c1-23(2)21-10-8-20(9-11-21)22(25)16-18-12-14-24(15-13-18)17-19-6-4-3-5-7-19;5-3(6)1-2-4(7)8/h3-11,18H,12-17H2,1-2H3;1-2H,(H,5,6)(H,7,8). The monoisotopic (exact) mass is 452 g/mol. The minimum Gasteiger partial charge on any atom is -0.478 e. The van der Waals surface area contributed by atoms with Crippen molar-refractivity contribution in [2.75, 3.05) is 32.1 Å². The lowest BCUT2D eigenvalue weighted by Gasteiger charge is -2.31. The molecular formula is C26H32N2O5. The first kappa shape index (κ1) is 25.8. The molecule has 0 unspecified atom stereocenters. The van der Waals surface area contributed by atoms with E-state index < -0.39 is 11.9 Å². The topological polar surface area (TPSA) is 98.2 Å². The Hall–Kier alpha value is -3.45. The molecule has 2 aromatic rings. The maximum atomic E-state index is 12.5. The van der Waals surface area contributed by atoms with Crippen molar-refractivity contribution < 1.29 is 24.6 Å². The third-order valence-electron chi connectivity index (χ3n) is 5.50. The van der Waals surface area contributed by atoms with Gasteiger partial charge < -0.3 is 15.1 Å². The zero-order chi connectivity index (χ0) is 24.2. The molecule has 1 saturated heterocycles. The maximum Gasteiger partial charge on any atom is 0.328 e. The molecule has 1 heterocycles. The fourth-order valence-corrected chi connectivity index (χ4v) is 3.66. The van der Waals surface area contributed by atoms with E-state index in [-0.39, 0.29) is 5.78 Å². The van der Waals surface area contributed by atoms with Crippen LogP contribution in [0.25, 0.3) is 0 Å². The molecule has 3 rings (SSSR count). The first-order valence-corrected chi connectivity index (χ1v) is 11.0. The SMILES string of the molecule is CN(C)c1ccc(C(=O)CC2CCN(Cc3ccccc3)CC2)cc1.O=C(O)C=CC(=O)O. The van der Waals surface area contributed by atoms with Crippen LogP contribution in [-0.2, 0) is 16.1 Å². The van der Waals surface area contributed by atoms with Crippen LogP contribution in [0.2, 0.25) is 0 Å². The van der Waals surface area contributed by atoms with Crippen molar-refractivity contribution in [2.24, 2.45) is 5.92 Å². The van der Waals surface area contributed by atoms with Crippen LogP contribution in [0.3, 0.4) is 0 Å². The summed E-state index contributed by atoms with van der Waals surface area (Å²) in [5.74, 6) is -1.71. The highest BCUT2D eigenvalue weighted by Crippen LogP contribution is 2.24. The van der Waals surface area contributed by atoms with Gasteiger partial charge in [-0.15, -0.1) is 0 Å². The number of rotatable bonds is 8. The summed E-state index contributed by atoms with van der Waals surface area (Å²) in [6.45, 7) is 3.20. The Labute approximate surface area is 195 Å². The normalized spacial score (nSPS) is 14.4. The molecule has 1 fully saturated rings. The van der Waals surface area contributed by atoms with Crippen molar-refractivity contribution in [1.82, 2.24) is 4.90 Å². The Kier molecular flexibility index (Phi) is 10.3. The van der Waals surface area contributed by atoms with Gasteiger partial charge in [-0.3, -0.25) is 9.69 Å². The van der Waals surface area contributed by atoms with Gasteiger partial charge in [-0.2, -0.15) is 0 Å². The van der Waals surface area contributed by atoms with Gasteiger partial charge in [-0.05, 0) is 61.7 Å². The quantitative estimate of drug-likeness (QED) is 0.462. The number of carbonyl (C=O) groups is 3. The second-order valence-corrected chi connectivity index (χ2v) is 8.28. The van der Waals surface area contributed by atoms with E-state index in [9.17, 15) is 14.4 Å². The van der Waals surface area contributed by atoms with Crippen molar-refractivity contribution in [3.05, 3.63) is 77.9 Å². The van der Waals surface area contributed by atoms with Crippen LogP contribution < -0.4 is 4.90 Å². The van der Waals surface area contributed by atoms with E-state index in [0.717, 1.165) is 43.7 Å². The molecule has 0 aromatic heterocycles. The van der Waals surface area contributed by atoms with Crippen LogP contribution >= 0.6 is 0 Å². The van der Waals surface area contributed by atoms with Crippen molar-refractivity contribution in [3.63, 3.8) is 0 Å². The van der Waals surface area contributed by atoms with Crippen LogP contribution in [0.15, 0.2) is 66.7 Å². The molecule has 0 spiro atoms. The highest BCUT2D eigenvalue weighted by Gasteiger charge is 2.22. The summed E-state index contributed by atoms with van der Waals surface area (Å²) < 4.78 is 0. The first-order valence-electron chi connectivity index (χ1n) is 11.0. The Morgan fingerprint density at radius 2 is 1.45 bits per heavy atom. The first-order chi connectivity index (χ1) is 15.7. The third-order valence-corrected chi connectivity index (χ3v) is 5.50. The minimum atomic E-state index is -1.26. The Morgan fingerprint density at radius 1 is 0.909 bits per heavy atom.